The third kappa shape index (κ3) is 4.02. The molecular weight excluding hydrogens is 482 g/mol. The van der Waals surface area contributed by atoms with Crippen LogP contribution in [0.4, 0.5) is 10.5 Å². The molecule has 5 rings (SSSR count). The van der Waals surface area contributed by atoms with Gasteiger partial charge in [0.05, 0.1) is 30.6 Å². The van der Waals surface area contributed by atoms with E-state index in [1.54, 1.807) is 48.7 Å². The summed E-state index contributed by atoms with van der Waals surface area (Å²) in [6.07, 6.45) is 3.08. The molecule has 9 nitrogen and oxygen atoms in total. The first-order chi connectivity index (χ1) is 17.3. The van der Waals surface area contributed by atoms with Gasteiger partial charge in [-0.1, -0.05) is 23.7 Å². The summed E-state index contributed by atoms with van der Waals surface area (Å²) in [5.41, 5.74) is 2.75. The van der Waals surface area contributed by atoms with Gasteiger partial charge in [-0.2, -0.15) is 9.99 Å². The lowest BCUT2D eigenvalue weighted by Gasteiger charge is -2.20. The van der Waals surface area contributed by atoms with Gasteiger partial charge in [0, 0.05) is 27.4 Å². The second-order valence-corrected chi connectivity index (χ2v) is 8.87. The number of fused-ring (bicyclic) bond motifs is 1. The number of halogens is 1. The fourth-order valence-electron chi connectivity index (χ4n) is 4.51. The predicted molar refractivity (Wildman–Crippen MR) is 132 cm³/mol. The summed E-state index contributed by atoms with van der Waals surface area (Å²) >= 11 is 6.13. The monoisotopic (exact) mass is 501 g/mol. The molecule has 180 valence electrons. The number of aromatic nitrogens is 3. The van der Waals surface area contributed by atoms with Gasteiger partial charge in [0.1, 0.15) is 5.82 Å². The van der Waals surface area contributed by atoms with Crippen molar-refractivity contribution in [1.29, 1.82) is 5.26 Å². The summed E-state index contributed by atoms with van der Waals surface area (Å²) in [4.78, 5) is 18.9. The van der Waals surface area contributed by atoms with Crippen LogP contribution in [0.3, 0.4) is 0 Å². The number of benzene rings is 2. The minimum absolute atomic E-state index is 0.199. The normalized spacial score (nSPS) is 16.3. The Morgan fingerprint density at radius 3 is 2.78 bits per heavy atom. The summed E-state index contributed by atoms with van der Waals surface area (Å²) in [6.45, 7) is 0. The number of anilines is 1. The number of imidazole rings is 1. The zero-order valence-electron chi connectivity index (χ0n) is 19.1. The molecule has 2 aromatic carbocycles. The molecule has 0 saturated carbocycles. The molecule has 36 heavy (non-hydrogen) atoms. The van der Waals surface area contributed by atoms with E-state index in [9.17, 15) is 20.4 Å². The van der Waals surface area contributed by atoms with Crippen LogP contribution >= 0.6 is 11.6 Å². The van der Waals surface area contributed by atoms with Crippen LogP contribution in [-0.4, -0.2) is 28.3 Å². The number of H-pyrrole nitrogens is 1. The molecule has 1 amide bonds. The first-order valence-corrected chi connectivity index (χ1v) is 11.4. The van der Waals surface area contributed by atoms with Crippen LogP contribution in [0.2, 0.25) is 5.02 Å². The zero-order chi connectivity index (χ0) is 25.4. The van der Waals surface area contributed by atoms with Crippen molar-refractivity contribution in [2.24, 2.45) is 0 Å². The molecule has 1 atom stereocenters. The number of aliphatic hydroxyl groups is 1. The number of aryl methyl sites for hydroxylation is 1. The lowest BCUT2D eigenvalue weighted by Crippen LogP contribution is -2.42. The summed E-state index contributed by atoms with van der Waals surface area (Å²) < 4.78 is 5.23. The van der Waals surface area contributed by atoms with Crippen LogP contribution in [0.25, 0.3) is 22.4 Å². The molecule has 0 bridgehead atoms. The first kappa shape index (κ1) is 23.4. The summed E-state index contributed by atoms with van der Waals surface area (Å²) in [6, 6.07) is 15.8. The molecule has 0 fully saturated rings. The Morgan fingerprint density at radius 1 is 1.28 bits per heavy atom. The SMILES string of the molecule is COC(=O)Nc1ccc(-c2cnc([C@@]3(O)CCc4cc(-c5cc(Cl)ccc5C#N)c[n+]([O-])c43)[nH]2)cc1. The Balaban J connectivity index is 1.47. The van der Waals surface area contributed by atoms with Gasteiger partial charge >= 0.3 is 6.09 Å². The average Bonchev–Trinajstić information content (AvgIpc) is 3.51. The van der Waals surface area contributed by atoms with Gasteiger partial charge in [0.25, 0.3) is 0 Å². The van der Waals surface area contributed by atoms with Gasteiger partial charge < -0.3 is 20.0 Å². The van der Waals surface area contributed by atoms with Crippen molar-refractivity contribution < 1.29 is 19.4 Å². The molecule has 4 aromatic rings. The van der Waals surface area contributed by atoms with E-state index in [0.717, 1.165) is 5.56 Å². The van der Waals surface area contributed by atoms with E-state index in [2.05, 4.69) is 26.1 Å². The van der Waals surface area contributed by atoms with E-state index in [0.29, 0.717) is 49.8 Å². The van der Waals surface area contributed by atoms with Crippen molar-refractivity contribution in [1.82, 2.24) is 9.97 Å². The molecule has 1 aliphatic carbocycles. The summed E-state index contributed by atoms with van der Waals surface area (Å²) in [5, 5.41) is 37.3. The number of carbonyl (C=O) groups is 1. The molecule has 0 spiro atoms. The molecule has 2 heterocycles. The van der Waals surface area contributed by atoms with Gasteiger partial charge in [-0.15, -0.1) is 0 Å². The summed E-state index contributed by atoms with van der Waals surface area (Å²) in [5.74, 6) is 0.255. The maximum Gasteiger partial charge on any atom is 0.411 e. The highest BCUT2D eigenvalue weighted by molar-refractivity contribution is 6.30. The summed E-state index contributed by atoms with van der Waals surface area (Å²) in [7, 11) is 1.29. The minimum atomic E-state index is -1.60. The Labute approximate surface area is 211 Å². The molecule has 0 saturated heterocycles. The van der Waals surface area contributed by atoms with Crippen LogP contribution in [0.15, 0.2) is 60.9 Å². The highest BCUT2D eigenvalue weighted by Gasteiger charge is 2.48. The van der Waals surface area contributed by atoms with E-state index < -0.39 is 11.7 Å². The number of nitriles is 1. The van der Waals surface area contributed by atoms with Crippen LogP contribution in [0, 0.1) is 16.5 Å². The highest BCUT2D eigenvalue weighted by atomic mass is 35.5. The van der Waals surface area contributed by atoms with Gasteiger partial charge in [-0.25, -0.2) is 9.78 Å². The first-order valence-electron chi connectivity index (χ1n) is 11.0. The molecule has 0 radical (unpaired) electrons. The van der Waals surface area contributed by atoms with Crippen molar-refractivity contribution in [3.63, 3.8) is 0 Å². The predicted octanol–water partition coefficient (Wildman–Crippen LogP) is 4.26. The molecule has 2 aromatic heterocycles. The molecular formula is C26H20ClN5O4. The lowest BCUT2D eigenvalue weighted by molar-refractivity contribution is -0.620. The second kappa shape index (κ2) is 9.00. The van der Waals surface area contributed by atoms with Gasteiger partial charge in [-0.3, -0.25) is 5.32 Å². The molecule has 0 unspecified atom stereocenters. The van der Waals surface area contributed by atoms with Crippen LogP contribution in [0.5, 0.6) is 0 Å². The number of rotatable bonds is 4. The number of ether oxygens (including phenoxy) is 1. The zero-order valence-corrected chi connectivity index (χ0v) is 19.8. The lowest BCUT2D eigenvalue weighted by atomic mass is 9.97. The quantitative estimate of drug-likeness (QED) is 0.282. The molecule has 10 heteroatoms. The maximum absolute atomic E-state index is 13.2. The van der Waals surface area contributed by atoms with Crippen molar-refractivity contribution in [3.8, 4) is 28.5 Å². The Bertz CT molecular complexity index is 1530. The van der Waals surface area contributed by atoms with E-state index in [4.69, 9.17) is 11.6 Å². The fourth-order valence-corrected chi connectivity index (χ4v) is 4.68. The molecule has 1 aliphatic rings. The third-order valence-corrected chi connectivity index (χ3v) is 6.50. The van der Waals surface area contributed by atoms with Crippen molar-refractivity contribution in [2.75, 3.05) is 12.4 Å². The van der Waals surface area contributed by atoms with E-state index >= 15 is 0 Å². The number of methoxy groups -OCH3 is 1. The second-order valence-electron chi connectivity index (χ2n) is 8.43. The van der Waals surface area contributed by atoms with Crippen LogP contribution in [0.1, 0.15) is 29.1 Å². The number of carbonyl (C=O) groups excluding carboxylic acids is 1. The van der Waals surface area contributed by atoms with Gasteiger partial charge in [-0.05, 0) is 54.8 Å². The number of hydrogen-bond acceptors (Lipinski definition) is 6. The number of nitrogens with zero attached hydrogens (tertiary/aromatic N) is 3. The Kier molecular flexibility index (Phi) is 5.84. The van der Waals surface area contributed by atoms with E-state index in [-0.39, 0.29) is 17.9 Å². The number of hydrogen-bond donors (Lipinski definition) is 3. The van der Waals surface area contributed by atoms with E-state index in [1.807, 2.05) is 6.07 Å². The molecule has 0 aliphatic heterocycles. The number of nitrogens with one attached hydrogen (secondary N) is 2. The molecule has 3 N–H and O–H groups in total. The average molecular weight is 502 g/mol. The smallest absolute Gasteiger partial charge is 0.411 e. The Hall–Kier alpha value is -4.39. The van der Waals surface area contributed by atoms with Crippen LogP contribution < -0.4 is 10.0 Å². The number of aromatic amines is 1. The van der Waals surface area contributed by atoms with Gasteiger partial charge in [0.2, 0.25) is 11.3 Å². The fraction of sp³-hybridized carbons (Fsp3) is 0.154. The minimum Gasteiger partial charge on any atom is -0.618 e. The Morgan fingerprint density at radius 2 is 2.06 bits per heavy atom. The topological polar surface area (TPSA) is 138 Å². The van der Waals surface area contributed by atoms with Crippen molar-refractivity contribution >= 4 is 23.4 Å². The third-order valence-electron chi connectivity index (χ3n) is 6.27. The van der Waals surface area contributed by atoms with Crippen LogP contribution in [-0.2, 0) is 16.8 Å². The van der Waals surface area contributed by atoms with E-state index in [1.165, 1.54) is 13.3 Å². The van der Waals surface area contributed by atoms with Crippen molar-refractivity contribution in [2.45, 2.75) is 18.4 Å². The number of pyridine rings is 1. The van der Waals surface area contributed by atoms with Crippen molar-refractivity contribution in [3.05, 3.63) is 93.8 Å². The highest BCUT2D eigenvalue weighted by Crippen LogP contribution is 2.41. The number of amides is 1. The standard InChI is InChI=1S/C26H20ClN5O4/c1-36-25(33)30-20-6-3-15(4-7-20)22-13-29-24(31-22)26(34)9-8-16-10-18(14-32(35)23(16)26)21-11-19(27)5-2-17(21)12-28/h2-7,10-11,13-14,34H,8-9H2,1H3,(H,29,31)(H,30,33)/t26-/m1/s1. The largest absolute Gasteiger partial charge is 0.618 e. The van der Waals surface area contributed by atoms with Gasteiger partial charge in [0.15, 0.2) is 6.20 Å². The maximum atomic E-state index is 13.2.